The first-order valence-electron chi connectivity index (χ1n) is 7.63. The molecule has 0 aliphatic heterocycles. The van der Waals surface area contributed by atoms with Crippen molar-refractivity contribution in [3.05, 3.63) is 28.8 Å². The lowest BCUT2D eigenvalue weighted by molar-refractivity contribution is 0.449. The number of hydrogen-bond donors (Lipinski definition) is 1. The predicted octanol–water partition coefficient (Wildman–Crippen LogP) is 4.99. The molecule has 1 aromatic carbocycles. The van der Waals surface area contributed by atoms with Crippen molar-refractivity contribution in [2.24, 2.45) is 17.8 Å². The molecule has 1 rings (SSSR count). The van der Waals surface area contributed by atoms with Gasteiger partial charge < -0.3 is 5.11 Å². The maximum Gasteiger partial charge on any atom is 0.121 e. The van der Waals surface area contributed by atoms with Crippen molar-refractivity contribution in [1.82, 2.24) is 0 Å². The van der Waals surface area contributed by atoms with Crippen LogP contribution < -0.4 is 0 Å². The van der Waals surface area contributed by atoms with Gasteiger partial charge in [0.25, 0.3) is 0 Å². The van der Waals surface area contributed by atoms with Gasteiger partial charge in [-0.25, -0.2) is 0 Å². The molecule has 0 heterocycles. The molecule has 0 saturated carbocycles. The Morgan fingerprint density at radius 1 is 0.737 bits per heavy atom. The fourth-order valence-corrected chi connectivity index (χ4v) is 2.61. The number of aromatic hydroxyl groups is 1. The van der Waals surface area contributed by atoms with Gasteiger partial charge in [-0.15, -0.1) is 0 Å². The summed E-state index contributed by atoms with van der Waals surface area (Å²) in [6, 6.07) is 4.42. The second-order valence-corrected chi connectivity index (χ2v) is 7.06. The molecule has 1 aromatic rings. The molecular formula is C18H30O. The average Bonchev–Trinajstić information content (AvgIpc) is 2.22. The Labute approximate surface area is 119 Å². The van der Waals surface area contributed by atoms with Crippen molar-refractivity contribution in [2.45, 2.75) is 60.8 Å². The highest BCUT2D eigenvalue weighted by atomic mass is 16.3. The Balaban J connectivity index is 3.13. The number of benzene rings is 1. The van der Waals surface area contributed by atoms with Crippen LogP contribution in [0.1, 0.15) is 58.2 Å². The van der Waals surface area contributed by atoms with E-state index < -0.39 is 0 Å². The Bertz CT molecular complexity index is 371. The van der Waals surface area contributed by atoms with Gasteiger partial charge in [0, 0.05) is 0 Å². The zero-order chi connectivity index (χ0) is 14.6. The number of hydrogen-bond acceptors (Lipinski definition) is 1. The molecule has 0 amide bonds. The molecule has 0 atom stereocenters. The first-order valence-corrected chi connectivity index (χ1v) is 7.63. The Morgan fingerprint density at radius 3 is 1.42 bits per heavy atom. The van der Waals surface area contributed by atoms with Crippen LogP contribution in [0.15, 0.2) is 12.1 Å². The van der Waals surface area contributed by atoms with Crippen molar-refractivity contribution in [3.8, 4) is 5.75 Å². The van der Waals surface area contributed by atoms with Crippen molar-refractivity contribution >= 4 is 0 Å². The van der Waals surface area contributed by atoms with E-state index in [1.807, 2.05) is 0 Å². The van der Waals surface area contributed by atoms with Gasteiger partial charge in [0.15, 0.2) is 0 Å². The topological polar surface area (TPSA) is 20.2 Å². The minimum Gasteiger partial charge on any atom is -0.507 e. The van der Waals surface area contributed by atoms with Crippen LogP contribution in [0.4, 0.5) is 0 Å². The monoisotopic (exact) mass is 262 g/mol. The standard InChI is InChI=1S/C18H30O/c1-12(2)7-15-10-16(8-13(3)4)18(19)17(11-15)9-14(5)6/h10-14,19H,7-9H2,1-6H3. The highest BCUT2D eigenvalue weighted by molar-refractivity contribution is 5.44. The minimum absolute atomic E-state index is 0.537. The van der Waals surface area contributed by atoms with Crippen molar-refractivity contribution < 1.29 is 5.11 Å². The summed E-state index contributed by atoms with van der Waals surface area (Å²) in [5, 5.41) is 10.4. The molecule has 0 aliphatic rings. The van der Waals surface area contributed by atoms with Gasteiger partial charge in [-0.05, 0) is 53.7 Å². The summed E-state index contributed by atoms with van der Waals surface area (Å²) in [7, 11) is 0. The zero-order valence-corrected chi connectivity index (χ0v) is 13.5. The fourth-order valence-electron chi connectivity index (χ4n) is 2.61. The fraction of sp³-hybridized carbons (Fsp3) is 0.667. The molecule has 0 unspecified atom stereocenters. The second kappa shape index (κ2) is 6.98. The highest BCUT2D eigenvalue weighted by Gasteiger charge is 2.13. The SMILES string of the molecule is CC(C)Cc1cc(CC(C)C)c(O)c(CC(C)C)c1. The first-order chi connectivity index (χ1) is 8.79. The number of rotatable bonds is 6. The van der Waals surface area contributed by atoms with Crippen molar-refractivity contribution in [2.75, 3.05) is 0 Å². The number of phenolic OH excluding ortho intramolecular Hbond substituents is 1. The van der Waals surface area contributed by atoms with Crippen LogP contribution in [0.3, 0.4) is 0 Å². The van der Waals surface area contributed by atoms with Crippen LogP contribution in [-0.2, 0) is 19.3 Å². The van der Waals surface area contributed by atoms with Crippen LogP contribution >= 0.6 is 0 Å². The lowest BCUT2D eigenvalue weighted by Gasteiger charge is -2.16. The Hall–Kier alpha value is -0.980. The summed E-state index contributed by atoms with van der Waals surface area (Å²) >= 11 is 0. The largest absolute Gasteiger partial charge is 0.507 e. The van der Waals surface area contributed by atoms with Crippen LogP contribution in [0.25, 0.3) is 0 Å². The summed E-state index contributed by atoms with van der Waals surface area (Å²) in [6.45, 7) is 13.3. The lowest BCUT2D eigenvalue weighted by Crippen LogP contribution is -2.03. The molecule has 0 fully saturated rings. The summed E-state index contributed by atoms with van der Waals surface area (Å²) in [5.74, 6) is 2.34. The van der Waals surface area contributed by atoms with Gasteiger partial charge in [0.2, 0.25) is 0 Å². The second-order valence-electron chi connectivity index (χ2n) is 7.06. The summed E-state index contributed by atoms with van der Waals surface area (Å²) in [6.07, 6.45) is 3.02. The van der Waals surface area contributed by atoms with Gasteiger partial charge in [-0.3, -0.25) is 0 Å². The molecular weight excluding hydrogens is 232 g/mol. The molecule has 1 N–H and O–H groups in total. The van der Waals surface area contributed by atoms with E-state index in [-0.39, 0.29) is 0 Å². The van der Waals surface area contributed by atoms with E-state index in [0.29, 0.717) is 23.5 Å². The Morgan fingerprint density at radius 2 is 1.11 bits per heavy atom. The zero-order valence-electron chi connectivity index (χ0n) is 13.5. The van der Waals surface area contributed by atoms with Gasteiger partial charge in [-0.2, -0.15) is 0 Å². The normalized spacial score (nSPS) is 11.8. The summed E-state index contributed by atoms with van der Waals surface area (Å²) in [5.41, 5.74) is 3.63. The molecule has 0 aliphatic carbocycles. The van der Waals surface area contributed by atoms with E-state index in [9.17, 15) is 5.11 Å². The molecule has 0 radical (unpaired) electrons. The average molecular weight is 262 g/mol. The van der Waals surface area contributed by atoms with Crippen LogP contribution in [-0.4, -0.2) is 5.11 Å². The van der Waals surface area contributed by atoms with E-state index in [2.05, 4.69) is 53.7 Å². The van der Waals surface area contributed by atoms with Crippen LogP contribution in [0.2, 0.25) is 0 Å². The molecule has 0 aromatic heterocycles. The quantitative estimate of drug-likeness (QED) is 0.766. The molecule has 19 heavy (non-hydrogen) atoms. The molecule has 1 nitrogen and oxygen atoms in total. The summed E-state index contributed by atoms with van der Waals surface area (Å²) < 4.78 is 0. The van der Waals surface area contributed by atoms with Gasteiger partial charge >= 0.3 is 0 Å². The van der Waals surface area contributed by atoms with Crippen LogP contribution in [0, 0.1) is 17.8 Å². The van der Waals surface area contributed by atoms with Gasteiger partial charge in [0.1, 0.15) is 5.75 Å². The van der Waals surface area contributed by atoms with Crippen molar-refractivity contribution in [3.63, 3.8) is 0 Å². The molecule has 108 valence electrons. The maximum atomic E-state index is 10.4. The third-order valence-corrected chi connectivity index (χ3v) is 3.23. The van der Waals surface area contributed by atoms with Crippen molar-refractivity contribution in [1.29, 1.82) is 0 Å². The third-order valence-electron chi connectivity index (χ3n) is 3.23. The maximum absolute atomic E-state index is 10.4. The minimum atomic E-state index is 0.537. The summed E-state index contributed by atoms with van der Waals surface area (Å²) in [4.78, 5) is 0. The van der Waals surface area contributed by atoms with E-state index in [1.165, 1.54) is 5.56 Å². The molecule has 0 spiro atoms. The Kier molecular flexibility index (Phi) is 5.90. The van der Waals surface area contributed by atoms with E-state index in [0.717, 1.165) is 30.4 Å². The van der Waals surface area contributed by atoms with Crippen LogP contribution in [0.5, 0.6) is 5.75 Å². The lowest BCUT2D eigenvalue weighted by atomic mass is 9.91. The highest BCUT2D eigenvalue weighted by Crippen LogP contribution is 2.29. The van der Waals surface area contributed by atoms with E-state index in [1.54, 1.807) is 0 Å². The smallest absolute Gasteiger partial charge is 0.121 e. The first kappa shape index (κ1) is 16.1. The van der Waals surface area contributed by atoms with Gasteiger partial charge in [0.05, 0.1) is 0 Å². The third kappa shape index (κ3) is 5.26. The molecule has 0 bridgehead atoms. The molecule has 0 saturated heterocycles. The number of phenols is 1. The van der Waals surface area contributed by atoms with E-state index in [4.69, 9.17) is 0 Å². The van der Waals surface area contributed by atoms with Gasteiger partial charge in [-0.1, -0.05) is 53.7 Å². The van der Waals surface area contributed by atoms with E-state index >= 15 is 0 Å². The predicted molar refractivity (Wildman–Crippen MR) is 83.7 cm³/mol. The molecule has 1 heteroatoms.